The smallest absolute Gasteiger partial charge is 0.206 e. The lowest BCUT2D eigenvalue weighted by molar-refractivity contribution is 0.104. The van der Waals surface area contributed by atoms with E-state index in [-0.39, 0.29) is 5.78 Å². The monoisotopic (exact) mass is 372 g/mol. The maximum atomic E-state index is 13.0. The Morgan fingerprint density at radius 1 is 1.36 bits per heavy atom. The summed E-state index contributed by atoms with van der Waals surface area (Å²) in [6.45, 7) is 11.2. The lowest BCUT2D eigenvalue weighted by Gasteiger charge is -2.07. The highest BCUT2D eigenvalue weighted by Gasteiger charge is 2.22. The molecule has 1 N–H and O–H groups in total. The van der Waals surface area contributed by atoms with Gasteiger partial charge in [-0.25, -0.2) is 4.98 Å². The van der Waals surface area contributed by atoms with Gasteiger partial charge < -0.3 is 5.32 Å². The third-order valence-electron chi connectivity index (χ3n) is 3.69. The first-order chi connectivity index (χ1) is 11.9. The van der Waals surface area contributed by atoms with E-state index in [9.17, 15) is 4.79 Å². The second-order valence-corrected chi connectivity index (χ2v) is 7.06. The summed E-state index contributed by atoms with van der Waals surface area (Å²) in [5, 5.41) is 4.36. The number of Topliss-reactive ketones (excluding diaryl/α,β-unsaturated/α-hetero) is 1. The van der Waals surface area contributed by atoms with Gasteiger partial charge in [-0.15, -0.1) is 0 Å². The van der Waals surface area contributed by atoms with Crippen LogP contribution in [-0.2, 0) is 0 Å². The molecule has 0 amide bonds. The molecule has 1 heterocycles. The second kappa shape index (κ2) is 8.28. The highest BCUT2D eigenvalue weighted by atomic mass is 35.5. The number of aryl methyl sites for hydroxylation is 2. The maximum absolute atomic E-state index is 13.0. The molecule has 130 valence electrons. The van der Waals surface area contributed by atoms with E-state index in [1.807, 2.05) is 45.0 Å². The Bertz CT molecular complexity index is 878. The molecule has 3 nitrogen and oxygen atoms in total. The van der Waals surface area contributed by atoms with E-state index in [1.54, 1.807) is 19.1 Å². The van der Waals surface area contributed by atoms with Crippen molar-refractivity contribution in [2.24, 2.45) is 0 Å². The molecule has 0 saturated carbocycles. The predicted molar refractivity (Wildman–Crippen MR) is 108 cm³/mol. The number of allylic oxidation sites excluding steroid dienone is 5. The molecule has 0 aliphatic carbocycles. The topological polar surface area (TPSA) is 42.0 Å². The van der Waals surface area contributed by atoms with Crippen LogP contribution in [0, 0.1) is 13.8 Å². The number of aromatic nitrogens is 1. The zero-order valence-corrected chi connectivity index (χ0v) is 16.4. The van der Waals surface area contributed by atoms with Crippen molar-refractivity contribution in [3.8, 4) is 0 Å². The van der Waals surface area contributed by atoms with Gasteiger partial charge >= 0.3 is 0 Å². The summed E-state index contributed by atoms with van der Waals surface area (Å²) in [5.74, 6) is -0.132. The van der Waals surface area contributed by atoms with Crippen LogP contribution in [-0.4, -0.2) is 10.8 Å². The van der Waals surface area contributed by atoms with Gasteiger partial charge in [0.1, 0.15) is 0 Å². The van der Waals surface area contributed by atoms with E-state index in [0.717, 1.165) is 16.8 Å². The van der Waals surface area contributed by atoms with Crippen LogP contribution in [0.5, 0.6) is 0 Å². The van der Waals surface area contributed by atoms with Crippen LogP contribution in [0.3, 0.4) is 0 Å². The minimum atomic E-state index is -0.132. The van der Waals surface area contributed by atoms with Crippen molar-refractivity contribution in [3.05, 3.63) is 75.3 Å². The number of halogens is 1. The van der Waals surface area contributed by atoms with Crippen LogP contribution in [0.2, 0.25) is 0 Å². The fourth-order valence-electron chi connectivity index (χ4n) is 2.34. The Balaban J connectivity index is 2.39. The Labute approximate surface area is 157 Å². The van der Waals surface area contributed by atoms with E-state index in [1.165, 1.54) is 11.3 Å². The largest absolute Gasteiger partial charge is 0.332 e. The van der Waals surface area contributed by atoms with Crippen LogP contribution in [0.25, 0.3) is 0 Å². The molecule has 0 spiro atoms. The maximum Gasteiger partial charge on any atom is 0.206 e. The third kappa shape index (κ3) is 4.47. The molecule has 0 saturated heterocycles. The average molecular weight is 373 g/mol. The first-order valence-corrected chi connectivity index (χ1v) is 9.08. The fraction of sp³-hybridized carbons (Fsp3) is 0.200. The van der Waals surface area contributed by atoms with Crippen molar-refractivity contribution >= 4 is 39.5 Å². The summed E-state index contributed by atoms with van der Waals surface area (Å²) in [4.78, 5) is 18.1. The van der Waals surface area contributed by atoms with Crippen molar-refractivity contribution in [2.75, 3.05) is 5.32 Å². The van der Waals surface area contributed by atoms with Gasteiger partial charge in [0.05, 0.1) is 10.6 Å². The lowest BCUT2D eigenvalue weighted by atomic mass is 10.0. The van der Waals surface area contributed by atoms with E-state index in [0.29, 0.717) is 26.3 Å². The number of benzene rings is 1. The summed E-state index contributed by atoms with van der Waals surface area (Å²) in [7, 11) is 0. The first-order valence-electron chi connectivity index (χ1n) is 7.88. The first kappa shape index (κ1) is 19.2. The van der Waals surface area contributed by atoms with Gasteiger partial charge in [-0.05, 0) is 51.0 Å². The quantitative estimate of drug-likeness (QED) is 0.366. The van der Waals surface area contributed by atoms with E-state index < -0.39 is 0 Å². The summed E-state index contributed by atoms with van der Waals surface area (Å²) in [5.41, 5.74) is 3.99. The number of nitrogens with one attached hydrogen (secondary N) is 1. The number of hydrogen-bond acceptors (Lipinski definition) is 4. The minimum absolute atomic E-state index is 0.132. The minimum Gasteiger partial charge on any atom is -0.332 e. The van der Waals surface area contributed by atoms with Crippen LogP contribution in [0.1, 0.15) is 34.8 Å². The van der Waals surface area contributed by atoms with Crippen molar-refractivity contribution in [1.82, 2.24) is 4.98 Å². The molecular formula is C20H21ClN2OS. The molecule has 5 heteroatoms. The van der Waals surface area contributed by atoms with Crippen LogP contribution in [0.15, 0.2) is 59.2 Å². The van der Waals surface area contributed by atoms with Gasteiger partial charge in [-0.1, -0.05) is 53.8 Å². The Morgan fingerprint density at radius 3 is 2.68 bits per heavy atom. The number of carbonyl (C=O) groups excluding carboxylic acids is 1. The number of anilines is 2. The Morgan fingerprint density at radius 2 is 2.08 bits per heavy atom. The third-order valence-corrected chi connectivity index (χ3v) is 5.17. The van der Waals surface area contributed by atoms with Crippen LogP contribution < -0.4 is 5.32 Å². The molecule has 0 aliphatic heterocycles. The predicted octanol–water partition coefficient (Wildman–Crippen LogP) is 6.33. The summed E-state index contributed by atoms with van der Waals surface area (Å²) in [6.07, 6.45) is 3.35. The van der Waals surface area contributed by atoms with Gasteiger partial charge in [0.15, 0.2) is 5.13 Å². The Kier molecular flexibility index (Phi) is 6.34. The molecule has 0 fully saturated rings. The average Bonchev–Trinajstić information content (AvgIpc) is 2.94. The standard InChI is InChI=1S/C20H21ClN2OS/c1-6-13(4)17(16(21)7-2)18(24)19-14(5)22-20(25-19)23-15-10-8-9-12(3)11-15/h6-11H,1H2,2-5H3,(H,22,23)/b16-7+,17-13+. The molecule has 1 aromatic carbocycles. The number of hydrogen-bond donors (Lipinski definition) is 1. The van der Waals surface area contributed by atoms with Crippen molar-refractivity contribution < 1.29 is 4.79 Å². The number of rotatable bonds is 6. The van der Waals surface area contributed by atoms with Crippen LogP contribution >= 0.6 is 22.9 Å². The van der Waals surface area contributed by atoms with Gasteiger partial charge in [0, 0.05) is 16.3 Å². The molecular weight excluding hydrogens is 352 g/mol. The number of thiazole rings is 1. The van der Waals surface area contributed by atoms with Crippen molar-refractivity contribution in [3.63, 3.8) is 0 Å². The number of ketones is 1. The van der Waals surface area contributed by atoms with E-state index in [2.05, 4.69) is 16.9 Å². The molecule has 0 atom stereocenters. The number of carbonyl (C=O) groups is 1. The van der Waals surface area contributed by atoms with Crippen molar-refractivity contribution in [2.45, 2.75) is 27.7 Å². The summed E-state index contributed by atoms with van der Waals surface area (Å²) in [6, 6.07) is 8.00. The molecule has 0 unspecified atom stereocenters. The zero-order chi connectivity index (χ0) is 18.6. The van der Waals surface area contributed by atoms with Gasteiger partial charge in [0.25, 0.3) is 0 Å². The lowest BCUT2D eigenvalue weighted by Crippen LogP contribution is -2.05. The molecule has 1 aromatic heterocycles. The summed E-state index contributed by atoms with van der Waals surface area (Å²) >= 11 is 7.59. The van der Waals surface area contributed by atoms with E-state index in [4.69, 9.17) is 11.6 Å². The fourth-order valence-corrected chi connectivity index (χ4v) is 3.51. The van der Waals surface area contributed by atoms with Gasteiger partial charge in [0.2, 0.25) is 5.78 Å². The highest BCUT2D eigenvalue weighted by molar-refractivity contribution is 7.17. The van der Waals surface area contributed by atoms with Crippen molar-refractivity contribution in [1.29, 1.82) is 0 Å². The van der Waals surface area contributed by atoms with Crippen LogP contribution in [0.4, 0.5) is 10.8 Å². The van der Waals surface area contributed by atoms with E-state index >= 15 is 0 Å². The zero-order valence-electron chi connectivity index (χ0n) is 14.8. The van der Waals surface area contributed by atoms with Gasteiger partial charge in [-0.2, -0.15) is 0 Å². The second-order valence-electron chi connectivity index (χ2n) is 5.66. The molecule has 2 aromatic rings. The molecule has 0 bridgehead atoms. The molecule has 2 rings (SSSR count). The SMILES string of the molecule is C=C/C(C)=C(C(=O)c1sc(Nc2cccc(C)c2)nc1C)\C(Cl)=C/C. The molecule has 25 heavy (non-hydrogen) atoms. The number of nitrogens with zero attached hydrogens (tertiary/aromatic N) is 1. The van der Waals surface area contributed by atoms with Gasteiger partial charge in [-0.3, -0.25) is 4.79 Å². The Hall–Kier alpha value is -2.17. The highest BCUT2D eigenvalue weighted by Crippen LogP contribution is 2.31. The normalized spacial score (nSPS) is 12.6. The molecule has 0 radical (unpaired) electrons. The molecule has 0 aliphatic rings. The summed E-state index contributed by atoms with van der Waals surface area (Å²) < 4.78 is 0.